The second-order valence-electron chi connectivity index (χ2n) is 4.78. The number of rotatable bonds is 6. The Balaban J connectivity index is 0.00000324. The first kappa shape index (κ1) is 17.9. The van der Waals surface area contributed by atoms with Gasteiger partial charge in [0.2, 0.25) is 5.91 Å². The largest absolute Gasteiger partial charge is 0.348 e. The number of carbonyl (C=O) groups excluding carboxylic acids is 1. The van der Waals surface area contributed by atoms with E-state index in [-0.39, 0.29) is 24.4 Å². The zero-order chi connectivity index (χ0) is 13.5. The topological polar surface area (TPSA) is 55.1 Å². The van der Waals surface area contributed by atoms with Gasteiger partial charge in [-0.3, -0.25) is 4.79 Å². The number of carbonyl (C=O) groups is 1. The van der Waals surface area contributed by atoms with E-state index in [2.05, 4.69) is 43.4 Å². The molecular weight excluding hydrogens is 260 g/mol. The van der Waals surface area contributed by atoms with Crippen LogP contribution in [-0.2, 0) is 4.79 Å². The molecule has 0 aliphatic rings. The third-order valence-corrected chi connectivity index (χ3v) is 3.14. The Morgan fingerprint density at radius 2 is 1.84 bits per heavy atom. The fraction of sp³-hybridized carbons (Fsp3) is 0.533. The van der Waals surface area contributed by atoms with Crippen LogP contribution in [0.2, 0.25) is 0 Å². The number of hydrogen-bond donors (Lipinski definition) is 2. The fourth-order valence-electron chi connectivity index (χ4n) is 1.94. The van der Waals surface area contributed by atoms with Crippen molar-refractivity contribution in [2.75, 3.05) is 0 Å². The van der Waals surface area contributed by atoms with Crippen molar-refractivity contribution in [1.29, 1.82) is 0 Å². The number of aryl methyl sites for hydroxylation is 1. The third kappa shape index (κ3) is 5.62. The molecule has 0 aromatic heterocycles. The van der Waals surface area contributed by atoms with Gasteiger partial charge in [0.25, 0.3) is 0 Å². The first-order chi connectivity index (χ1) is 8.58. The predicted octanol–water partition coefficient (Wildman–Crippen LogP) is 3.11. The van der Waals surface area contributed by atoms with Crippen molar-refractivity contribution >= 4 is 18.3 Å². The van der Waals surface area contributed by atoms with Crippen LogP contribution >= 0.6 is 12.4 Å². The minimum Gasteiger partial charge on any atom is -0.348 e. The summed E-state index contributed by atoms with van der Waals surface area (Å²) in [6.07, 6.45) is 2.53. The number of nitrogens with one attached hydrogen (secondary N) is 1. The van der Waals surface area contributed by atoms with Gasteiger partial charge in [-0.05, 0) is 25.3 Å². The standard InChI is InChI=1S/C15H24N2O.ClH/c1-4-6-13(16)15(18)17-14(5-2)12-9-7-11(3)8-10-12;/h7-10,13-14H,4-6,16H2,1-3H3,(H,17,18);1H. The zero-order valence-corrected chi connectivity index (χ0v) is 12.8. The van der Waals surface area contributed by atoms with Crippen molar-refractivity contribution in [2.24, 2.45) is 5.73 Å². The van der Waals surface area contributed by atoms with Crippen LogP contribution in [0.5, 0.6) is 0 Å². The highest BCUT2D eigenvalue weighted by atomic mass is 35.5. The Labute approximate surface area is 122 Å². The highest BCUT2D eigenvalue weighted by Crippen LogP contribution is 2.17. The summed E-state index contributed by atoms with van der Waals surface area (Å²) in [7, 11) is 0. The predicted molar refractivity (Wildman–Crippen MR) is 82.5 cm³/mol. The second kappa shape index (κ2) is 8.94. The van der Waals surface area contributed by atoms with Crippen LogP contribution in [0.4, 0.5) is 0 Å². The zero-order valence-electron chi connectivity index (χ0n) is 12.0. The number of amides is 1. The van der Waals surface area contributed by atoms with E-state index in [0.29, 0.717) is 0 Å². The van der Waals surface area contributed by atoms with Crippen LogP contribution in [0.25, 0.3) is 0 Å². The maximum absolute atomic E-state index is 11.9. The summed E-state index contributed by atoms with van der Waals surface area (Å²) in [5.74, 6) is -0.0516. The molecule has 3 N–H and O–H groups in total. The Kier molecular flexibility index (Phi) is 8.44. The first-order valence-electron chi connectivity index (χ1n) is 6.71. The quantitative estimate of drug-likeness (QED) is 0.843. The number of benzene rings is 1. The minimum atomic E-state index is -0.394. The molecule has 0 saturated carbocycles. The van der Waals surface area contributed by atoms with E-state index in [1.807, 2.05) is 6.92 Å². The fourth-order valence-corrected chi connectivity index (χ4v) is 1.94. The van der Waals surface area contributed by atoms with Gasteiger partial charge in [-0.2, -0.15) is 0 Å². The van der Waals surface area contributed by atoms with Crippen molar-refractivity contribution in [3.63, 3.8) is 0 Å². The van der Waals surface area contributed by atoms with E-state index in [1.54, 1.807) is 0 Å². The van der Waals surface area contributed by atoms with Gasteiger partial charge in [-0.1, -0.05) is 50.1 Å². The molecule has 0 radical (unpaired) electrons. The van der Waals surface area contributed by atoms with Gasteiger partial charge in [0.1, 0.15) is 0 Å². The molecule has 0 aliphatic carbocycles. The number of nitrogens with two attached hydrogens (primary N) is 1. The van der Waals surface area contributed by atoms with Gasteiger partial charge in [0, 0.05) is 0 Å². The van der Waals surface area contributed by atoms with E-state index in [0.717, 1.165) is 24.8 Å². The maximum atomic E-state index is 11.9. The molecule has 2 unspecified atom stereocenters. The lowest BCUT2D eigenvalue weighted by molar-refractivity contribution is -0.123. The van der Waals surface area contributed by atoms with Gasteiger partial charge in [0.05, 0.1) is 12.1 Å². The molecule has 1 rings (SSSR count). The van der Waals surface area contributed by atoms with Gasteiger partial charge in [-0.25, -0.2) is 0 Å². The van der Waals surface area contributed by atoms with Crippen LogP contribution in [0, 0.1) is 6.92 Å². The van der Waals surface area contributed by atoms with E-state index in [1.165, 1.54) is 5.56 Å². The molecule has 1 aromatic rings. The summed E-state index contributed by atoms with van der Waals surface area (Å²) in [6.45, 7) is 6.15. The molecule has 3 nitrogen and oxygen atoms in total. The van der Waals surface area contributed by atoms with Crippen molar-refractivity contribution < 1.29 is 4.79 Å². The highest BCUT2D eigenvalue weighted by molar-refractivity contribution is 5.85. The molecule has 4 heteroatoms. The van der Waals surface area contributed by atoms with E-state index in [4.69, 9.17) is 5.73 Å². The SMILES string of the molecule is CCCC(N)C(=O)NC(CC)c1ccc(C)cc1.Cl. The molecule has 19 heavy (non-hydrogen) atoms. The summed E-state index contributed by atoms with van der Waals surface area (Å²) in [4.78, 5) is 11.9. The van der Waals surface area contributed by atoms with Gasteiger partial charge >= 0.3 is 0 Å². The molecule has 0 spiro atoms. The maximum Gasteiger partial charge on any atom is 0.237 e. The Morgan fingerprint density at radius 3 is 2.32 bits per heavy atom. The van der Waals surface area contributed by atoms with Crippen LogP contribution in [0.1, 0.15) is 50.3 Å². The lowest BCUT2D eigenvalue weighted by Gasteiger charge is -2.20. The van der Waals surface area contributed by atoms with Crippen LogP contribution in [0.15, 0.2) is 24.3 Å². The van der Waals surface area contributed by atoms with E-state index >= 15 is 0 Å². The number of halogens is 1. The lowest BCUT2D eigenvalue weighted by Crippen LogP contribution is -2.42. The average molecular weight is 285 g/mol. The smallest absolute Gasteiger partial charge is 0.237 e. The molecule has 2 atom stereocenters. The van der Waals surface area contributed by atoms with Crippen LogP contribution < -0.4 is 11.1 Å². The molecule has 108 valence electrons. The van der Waals surface area contributed by atoms with Crippen LogP contribution in [0.3, 0.4) is 0 Å². The van der Waals surface area contributed by atoms with Crippen molar-refractivity contribution in [2.45, 2.75) is 52.1 Å². The summed E-state index contributed by atoms with van der Waals surface area (Å²) in [6, 6.07) is 7.92. The Morgan fingerprint density at radius 1 is 1.26 bits per heavy atom. The molecule has 0 aliphatic heterocycles. The van der Waals surface area contributed by atoms with Gasteiger partial charge in [0.15, 0.2) is 0 Å². The monoisotopic (exact) mass is 284 g/mol. The van der Waals surface area contributed by atoms with Gasteiger partial charge < -0.3 is 11.1 Å². The summed E-state index contributed by atoms with van der Waals surface area (Å²) < 4.78 is 0. The molecule has 0 bridgehead atoms. The normalized spacial score (nSPS) is 13.3. The Bertz CT molecular complexity index is 378. The molecule has 0 heterocycles. The minimum absolute atomic E-state index is 0. The van der Waals surface area contributed by atoms with E-state index < -0.39 is 6.04 Å². The third-order valence-electron chi connectivity index (χ3n) is 3.14. The average Bonchev–Trinajstić information content (AvgIpc) is 2.37. The number of hydrogen-bond acceptors (Lipinski definition) is 2. The van der Waals surface area contributed by atoms with E-state index in [9.17, 15) is 4.79 Å². The molecule has 1 amide bonds. The molecule has 1 aromatic carbocycles. The second-order valence-corrected chi connectivity index (χ2v) is 4.78. The summed E-state index contributed by atoms with van der Waals surface area (Å²) in [5.41, 5.74) is 8.18. The molecule has 0 saturated heterocycles. The molecule has 0 fully saturated rings. The van der Waals surface area contributed by atoms with Crippen molar-refractivity contribution in [3.8, 4) is 0 Å². The molecular formula is C15H25ClN2O. The summed E-state index contributed by atoms with van der Waals surface area (Å²) >= 11 is 0. The van der Waals surface area contributed by atoms with Crippen molar-refractivity contribution in [1.82, 2.24) is 5.32 Å². The van der Waals surface area contributed by atoms with Gasteiger partial charge in [-0.15, -0.1) is 12.4 Å². The van der Waals surface area contributed by atoms with Crippen molar-refractivity contribution in [3.05, 3.63) is 35.4 Å². The van der Waals surface area contributed by atoms with Crippen LogP contribution in [-0.4, -0.2) is 11.9 Å². The lowest BCUT2D eigenvalue weighted by atomic mass is 10.0. The Hall–Kier alpha value is -1.06. The highest BCUT2D eigenvalue weighted by Gasteiger charge is 2.17. The first-order valence-corrected chi connectivity index (χ1v) is 6.71. The summed E-state index contributed by atoms with van der Waals surface area (Å²) in [5, 5.41) is 3.02.